The van der Waals surface area contributed by atoms with Crippen molar-refractivity contribution in [3.05, 3.63) is 42.6 Å². The van der Waals surface area contributed by atoms with Crippen molar-refractivity contribution in [2.45, 2.75) is 32.1 Å². The maximum absolute atomic E-state index is 12.1. The number of imidazole rings is 1. The van der Waals surface area contributed by atoms with E-state index in [1.165, 1.54) is 0 Å². The molecule has 1 saturated carbocycles. The normalized spacial score (nSPS) is 27.0. The van der Waals surface area contributed by atoms with Crippen LogP contribution < -0.4 is 5.73 Å². The van der Waals surface area contributed by atoms with Crippen molar-refractivity contribution in [2.75, 3.05) is 6.54 Å². The quantitative estimate of drug-likeness (QED) is 0.813. The molecular weight excluding hydrogens is 304 g/mol. The molecule has 4 atom stereocenters. The van der Waals surface area contributed by atoms with E-state index >= 15 is 0 Å². The largest absolute Gasteiger partial charge is 0.481 e. The smallest absolute Gasteiger partial charge is 0.316 e. The number of aromatic nitrogens is 3. The molecule has 2 heterocycles. The lowest BCUT2D eigenvalue weighted by Crippen LogP contribution is -2.26. The van der Waals surface area contributed by atoms with Gasteiger partial charge in [0.15, 0.2) is 0 Å². The average Bonchev–Trinajstić information content (AvgIpc) is 2.97. The van der Waals surface area contributed by atoms with Gasteiger partial charge < -0.3 is 10.8 Å². The molecule has 0 unspecified atom stereocenters. The van der Waals surface area contributed by atoms with Gasteiger partial charge in [0.05, 0.1) is 5.69 Å². The lowest BCUT2D eigenvalue weighted by Gasteiger charge is -2.14. The van der Waals surface area contributed by atoms with Crippen molar-refractivity contribution in [2.24, 2.45) is 23.5 Å². The van der Waals surface area contributed by atoms with Crippen molar-refractivity contribution >= 4 is 5.97 Å². The molecule has 0 radical (unpaired) electrons. The highest BCUT2D eigenvalue weighted by atomic mass is 16.4. The van der Waals surface area contributed by atoms with Crippen LogP contribution in [-0.4, -0.2) is 32.2 Å². The van der Waals surface area contributed by atoms with E-state index in [4.69, 9.17) is 5.73 Å². The first kappa shape index (κ1) is 16.6. The van der Waals surface area contributed by atoms with Gasteiger partial charge in [-0.15, -0.1) is 0 Å². The molecule has 128 valence electrons. The number of pyridine rings is 1. The molecule has 3 rings (SSSR count). The van der Waals surface area contributed by atoms with Crippen LogP contribution in [0.2, 0.25) is 0 Å². The van der Waals surface area contributed by atoms with Gasteiger partial charge in [-0.05, 0) is 42.9 Å². The summed E-state index contributed by atoms with van der Waals surface area (Å²) in [4.78, 5) is 20.8. The van der Waals surface area contributed by atoms with Crippen molar-refractivity contribution in [3.8, 4) is 5.82 Å². The van der Waals surface area contributed by atoms with Crippen LogP contribution in [0.15, 0.2) is 36.9 Å². The number of carbonyl (C=O) groups is 1. The van der Waals surface area contributed by atoms with Gasteiger partial charge in [-0.2, -0.15) is 0 Å². The average molecular weight is 328 g/mol. The predicted octanol–water partition coefficient (Wildman–Crippen LogP) is 2.23. The molecule has 6 nitrogen and oxygen atoms in total. The molecular formula is C18H24N4O2. The first-order chi connectivity index (χ1) is 11.6. The Kier molecular flexibility index (Phi) is 4.41. The highest BCUT2D eigenvalue weighted by Gasteiger charge is 2.69. The third kappa shape index (κ3) is 2.51. The molecule has 6 heteroatoms. The number of nitrogens with zero attached hydrogens (tertiary/aromatic N) is 3. The van der Waals surface area contributed by atoms with Crippen LogP contribution in [0.1, 0.15) is 32.4 Å². The van der Waals surface area contributed by atoms with Crippen LogP contribution in [0, 0.1) is 17.8 Å². The maximum Gasteiger partial charge on any atom is 0.316 e. The van der Waals surface area contributed by atoms with Gasteiger partial charge >= 0.3 is 5.97 Å². The number of aliphatic carboxylic acids is 1. The van der Waals surface area contributed by atoms with E-state index in [9.17, 15) is 9.90 Å². The Morgan fingerprint density at radius 3 is 2.83 bits per heavy atom. The molecule has 1 aliphatic carbocycles. The Balaban J connectivity index is 1.90. The minimum Gasteiger partial charge on any atom is -0.481 e. The van der Waals surface area contributed by atoms with Crippen molar-refractivity contribution in [3.63, 3.8) is 0 Å². The van der Waals surface area contributed by atoms with E-state index in [1.807, 2.05) is 25.1 Å². The van der Waals surface area contributed by atoms with Crippen LogP contribution in [0.4, 0.5) is 0 Å². The Labute approximate surface area is 141 Å². The number of hydrogen-bond acceptors (Lipinski definition) is 4. The van der Waals surface area contributed by atoms with E-state index < -0.39 is 11.4 Å². The molecule has 3 N–H and O–H groups in total. The standard InChI is InChI=1S/C18H24N4O2/c1-3-13(9-19)8-14-12(2)18(14,17(23)24)15-10-22(11-21-15)16-6-4-5-7-20-16/h4-7,10-14H,3,8-9,19H2,1-2H3,(H,23,24)/t12-,13+,14+,18-/m0/s1. The Morgan fingerprint density at radius 2 is 2.25 bits per heavy atom. The summed E-state index contributed by atoms with van der Waals surface area (Å²) in [7, 11) is 0. The van der Waals surface area contributed by atoms with E-state index in [-0.39, 0.29) is 11.8 Å². The van der Waals surface area contributed by atoms with Crippen molar-refractivity contribution in [1.29, 1.82) is 0 Å². The summed E-state index contributed by atoms with van der Waals surface area (Å²) in [5, 5.41) is 9.94. The second-order valence-corrected chi connectivity index (χ2v) is 6.67. The summed E-state index contributed by atoms with van der Waals surface area (Å²) in [6, 6.07) is 5.61. The van der Waals surface area contributed by atoms with Crippen LogP contribution in [0.3, 0.4) is 0 Å². The first-order valence-corrected chi connectivity index (χ1v) is 8.45. The third-order valence-corrected chi connectivity index (χ3v) is 5.57. The highest BCUT2D eigenvalue weighted by Crippen LogP contribution is 2.62. The van der Waals surface area contributed by atoms with Gasteiger partial charge in [-0.1, -0.05) is 26.3 Å². The second-order valence-electron chi connectivity index (χ2n) is 6.67. The zero-order chi connectivity index (χ0) is 17.3. The van der Waals surface area contributed by atoms with Gasteiger partial charge in [-0.3, -0.25) is 9.36 Å². The molecule has 0 bridgehead atoms. The molecule has 2 aromatic rings. The first-order valence-electron chi connectivity index (χ1n) is 8.45. The van der Waals surface area contributed by atoms with Gasteiger partial charge in [0.2, 0.25) is 0 Å². The number of rotatable bonds is 7. The number of carboxylic acids is 1. The predicted molar refractivity (Wildman–Crippen MR) is 90.8 cm³/mol. The zero-order valence-corrected chi connectivity index (χ0v) is 14.1. The van der Waals surface area contributed by atoms with Gasteiger partial charge in [0.1, 0.15) is 17.6 Å². The van der Waals surface area contributed by atoms with E-state index in [1.54, 1.807) is 23.3 Å². The Hall–Kier alpha value is -2.21. The van der Waals surface area contributed by atoms with Crippen LogP contribution in [-0.2, 0) is 10.2 Å². The number of nitrogens with two attached hydrogens (primary N) is 1. The van der Waals surface area contributed by atoms with Crippen LogP contribution >= 0.6 is 0 Å². The van der Waals surface area contributed by atoms with Crippen molar-refractivity contribution in [1.82, 2.24) is 14.5 Å². The Bertz CT molecular complexity index is 711. The molecule has 0 saturated heterocycles. The number of hydrogen-bond donors (Lipinski definition) is 2. The SMILES string of the molecule is CC[C@@H](CN)C[C@@H]1[C@H](C)[C@@]1(C(=O)O)c1cn(-c2ccccn2)cn1. The Morgan fingerprint density at radius 1 is 1.46 bits per heavy atom. The van der Waals surface area contributed by atoms with Gasteiger partial charge in [0, 0.05) is 12.4 Å². The summed E-state index contributed by atoms with van der Waals surface area (Å²) < 4.78 is 1.78. The summed E-state index contributed by atoms with van der Waals surface area (Å²) >= 11 is 0. The molecule has 0 aliphatic heterocycles. The monoisotopic (exact) mass is 328 g/mol. The van der Waals surface area contributed by atoms with Crippen LogP contribution in [0.5, 0.6) is 0 Å². The topological polar surface area (TPSA) is 94.0 Å². The molecule has 0 amide bonds. The highest BCUT2D eigenvalue weighted by molar-refractivity contribution is 5.86. The molecule has 1 aliphatic rings. The van der Waals surface area contributed by atoms with Crippen molar-refractivity contribution < 1.29 is 9.90 Å². The minimum absolute atomic E-state index is 0.0580. The molecule has 24 heavy (non-hydrogen) atoms. The fraction of sp³-hybridized carbons (Fsp3) is 0.500. The van der Waals surface area contributed by atoms with E-state index in [0.717, 1.165) is 18.7 Å². The number of carboxylic acid groups (broad SMARTS) is 1. The summed E-state index contributed by atoms with van der Waals surface area (Å²) in [5.74, 6) is 0.433. The fourth-order valence-corrected chi connectivity index (χ4v) is 3.88. The molecule has 2 aromatic heterocycles. The lowest BCUT2D eigenvalue weighted by atomic mass is 9.92. The molecule has 1 fully saturated rings. The van der Waals surface area contributed by atoms with E-state index in [0.29, 0.717) is 18.2 Å². The molecule has 0 aromatic carbocycles. The summed E-state index contributed by atoms with van der Waals surface area (Å²) in [5.41, 5.74) is 5.53. The minimum atomic E-state index is -0.900. The van der Waals surface area contributed by atoms with Gasteiger partial charge in [-0.25, -0.2) is 9.97 Å². The maximum atomic E-state index is 12.1. The fourth-order valence-electron chi connectivity index (χ4n) is 3.88. The van der Waals surface area contributed by atoms with Gasteiger partial charge in [0.25, 0.3) is 0 Å². The molecule has 0 spiro atoms. The summed E-state index contributed by atoms with van der Waals surface area (Å²) in [6.45, 7) is 4.70. The zero-order valence-electron chi connectivity index (χ0n) is 14.1. The third-order valence-electron chi connectivity index (χ3n) is 5.57. The van der Waals surface area contributed by atoms with E-state index in [2.05, 4.69) is 16.9 Å². The second kappa shape index (κ2) is 6.36. The lowest BCUT2D eigenvalue weighted by molar-refractivity contribution is -0.141. The van der Waals surface area contributed by atoms with Crippen LogP contribution in [0.25, 0.3) is 5.82 Å². The summed E-state index contributed by atoms with van der Waals surface area (Å²) in [6.07, 6.45) is 6.95.